The molecule has 0 fully saturated rings. The number of H-pyrrole nitrogens is 1. The molecule has 2 amide bonds. The molecule has 132 valence electrons. The van der Waals surface area contributed by atoms with Crippen LogP contribution in [0.15, 0.2) is 60.9 Å². The number of hydrogen-bond acceptors (Lipinski definition) is 4. The summed E-state index contributed by atoms with van der Waals surface area (Å²) in [5.41, 5.74) is 2.88. The lowest BCUT2D eigenvalue weighted by Gasteiger charge is -2.17. The third-order valence-electron chi connectivity index (χ3n) is 3.89. The third-order valence-corrected chi connectivity index (χ3v) is 3.89. The molecular weight excluding hydrogens is 330 g/mol. The molecule has 3 aromatic rings. The highest BCUT2D eigenvalue weighted by Gasteiger charge is 2.14. The zero-order valence-electron chi connectivity index (χ0n) is 14.3. The quantitative estimate of drug-likeness (QED) is 0.711. The smallest absolute Gasteiger partial charge is 0.269 e. The maximum Gasteiger partial charge on any atom is 0.269 e. The van der Waals surface area contributed by atoms with Gasteiger partial charge in [-0.3, -0.25) is 19.7 Å². The highest BCUT2D eigenvalue weighted by Crippen LogP contribution is 2.16. The molecule has 0 saturated carbocycles. The van der Waals surface area contributed by atoms with Gasteiger partial charge in [-0.05, 0) is 23.8 Å². The first-order chi connectivity index (χ1) is 12.6. The van der Waals surface area contributed by atoms with Crippen molar-refractivity contribution in [2.45, 2.75) is 6.54 Å². The van der Waals surface area contributed by atoms with Gasteiger partial charge in [0, 0.05) is 31.5 Å². The zero-order valence-corrected chi connectivity index (χ0v) is 14.3. The number of aromatic amines is 1. The van der Waals surface area contributed by atoms with E-state index in [1.54, 1.807) is 30.4 Å². The van der Waals surface area contributed by atoms with Gasteiger partial charge in [0.15, 0.2) is 0 Å². The number of amides is 2. The van der Waals surface area contributed by atoms with Crippen LogP contribution in [0, 0.1) is 0 Å². The van der Waals surface area contributed by atoms with E-state index < -0.39 is 0 Å². The Hall–Kier alpha value is -3.48. The van der Waals surface area contributed by atoms with Crippen molar-refractivity contribution >= 4 is 11.8 Å². The van der Waals surface area contributed by atoms with Crippen LogP contribution in [0.25, 0.3) is 11.3 Å². The van der Waals surface area contributed by atoms with E-state index >= 15 is 0 Å². The minimum Gasteiger partial charge on any atom is -0.342 e. The van der Waals surface area contributed by atoms with Gasteiger partial charge in [0.25, 0.3) is 5.91 Å². The summed E-state index contributed by atoms with van der Waals surface area (Å²) in [6.07, 6.45) is 3.36. The Kier molecular flexibility index (Phi) is 5.38. The molecule has 0 unspecified atom stereocenters. The number of likely N-dealkylation sites (N-methyl/N-ethyl adjacent to an activating group) is 1. The fourth-order valence-electron chi connectivity index (χ4n) is 2.43. The van der Waals surface area contributed by atoms with Crippen LogP contribution in [0.4, 0.5) is 0 Å². The first kappa shape index (κ1) is 17.3. The molecule has 0 aliphatic rings. The fourth-order valence-corrected chi connectivity index (χ4v) is 2.43. The normalized spacial score (nSPS) is 10.3. The number of rotatable bonds is 6. The number of benzene rings is 1. The first-order valence-corrected chi connectivity index (χ1v) is 8.15. The van der Waals surface area contributed by atoms with E-state index in [1.165, 1.54) is 0 Å². The molecule has 2 aromatic heterocycles. The topological polar surface area (TPSA) is 91.0 Å². The van der Waals surface area contributed by atoms with Gasteiger partial charge in [-0.1, -0.05) is 30.3 Å². The van der Waals surface area contributed by atoms with Crippen molar-refractivity contribution in [1.29, 1.82) is 0 Å². The molecule has 0 radical (unpaired) electrons. The standard InChI is InChI=1S/C19H19N5O2/c1-24(13-14-7-9-20-10-8-14)18(25)12-21-19(26)17-11-16(22-23-17)15-5-3-2-4-6-15/h2-11H,12-13H2,1H3,(H,21,26)(H,22,23). The minimum atomic E-state index is -0.370. The molecule has 0 saturated heterocycles. The van der Waals surface area contributed by atoms with E-state index in [0.29, 0.717) is 17.9 Å². The number of pyridine rings is 1. The Labute approximate surface area is 151 Å². The average molecular weight is 349 g/mol. The summed E-state index contributed by atoms with van der Waals surface area (Å²) in [7, 11) is 1.69. The molecule has 0 spiro atoms. The van der Waals surface area contributed by atoms with Crippen molar-refractivity contribution < 1.29 is 9.59 Å². The van der Waals surface area contributed by atoms with Crippen LogP contribution >= 0.6 is 0 Å². The molecular formula is C19H19N5O2. The van der Waals surface area contributed by atoms with Crippen LogP contribution < -0.4 is 5.32 Å². The Morgan fingerprint density at radius 2 is 1.85 bits per heavy atom. The van der Waals surface area contributed by atoms with Gasteiger partial charge >= 0.3 is 0 Å². The number of carbonyl (C=O) groups excluding carboxylic acids is 2. The molecule has 3 rings (SSSR count). The van der Waals surface area contributed by atoms with Gasteiger partial charge in [-0.2, -0.15) is 5.10 Å². The predicted octanol–water partition coefficient (Wildman–Crippen LogP) is 1.86. The van der Waals surface area contributed by atoms with Crippen molar-refractivity contribution in [3.63, 3.8) is 0 Å². The Morgan fingerprint density at radius 3 is 2.58 bits per heavy atom. The second kappa shape index (κ2) is 8.06. The van der Waals surface area contributed by atoms with E-state index in [4.69, 9.17) is 0 Å². The largest absolute Gasteiger partial charge is 0.342 e. The van der Waals surface area contributed by atoms with E-state index in [1.807, 2.05) is 42.5 Å². The van der Waals surface area contributed by atoms with Crippen molar-refractivity contribution in [3.8, 4) is 11.3 Å². The summed E-state index contributed by atoms with van der Waals surface area (Å²) in [5, 5.41) is 9.46. The Balaban J connectivity index is 1.54. The van der Waals surface area contributed by atoms with Gasteiger partial charge < -0.3 is 10.2 Å². The lowest BCUT2D eigenvalue weighted by Crippen LogP contribution is -2.37. The van der Waals surface area contributed by atoms with Crippen molar-refractivity contribution in [1.82, 2.24) is 25.4 Å². The van der Waals surface area contributed by atoms with Crippen LogP contribution in [-0.4, -0.2) is 45.5 Å². The summed E-state index contributed by atoms with van der Waals surface area (Å²) in [5.74, 6) is -0.552. The minimum absolute atomic E-state index is 0.0832. The predicted molar refractivity (Wildman–Crippen MR) is 97.1 cm³/mol. The molecule has 2 heterocycles. The highest BCUT2D eigenvalue weighted by molar-refractivity contribution is 5.95. The van der Waals surface area contributed by atoms with Gasteiger partial charge in [-0.15, -0.1) is 0 Å². The van der Waals surface area contributed by atoms with Crippen molar-refractivity contribution in [2.75, 3.05) is 13.6 Å². The van der Waals surface area contributed by atoms with Crippen LogP contribution in [0.2, 0.25) is 0 Å². The third kappa shape index (κ3) is 4.32. The molecule has 0 aliphatic carbocycles. The molecule has 0 aliphatic heterocycles. The van der Waals surface area contributed by atoms with Crippen LogP contribution in [0.5, 0.6) is 0 Å². The molecule has 0 bridgehead atoms. The number of aromatic nitrogens is 3. The van der Waals surface area contributed by atoms with Crippen LogP contribution in [0.3, 0.4) is 0 Å². The van der Waals surface area contributed by atoms with E-state index in [-0.39, 0.29) is 18.4 Å². The highest BCUT2D eigenvalue weighted by atomic mass is 16.2. The molecule has 1 aromatic carbocycles. The first-order valence-electron chi connectivity index (χ1n) is 8.15. The monoisotopic (exact) mass is 349 g/mol. The lowest BCUT2D eigenvalue weighted by atomic mass is 10.1. The number of hydrogen-bond donors (Lipinski definition) is 2. The maximum absolute atomic E-state index is 12.2. The number of nitrogens with zero attached hydrogens (tertiary/aromatic N) is 3. The summed E-state index contributed by atoms with van der Waals surface area (Å²) in [6.45, 7) is 0.375. The molecule has 0 atom stereocenters. The zero-order chi connectivity index (χ0) is 18.4. The second-order valence-corrected chi connectivity index (χ2v) is 5.82. The molecule has 26 heavy (non-hydrogen) atoms. The number of nitrogens with one attached hydrogen (secondary N) is 2. The number of carbonyl (C=O) groups is 2. The van der Waals surface area contributed by atoms with Gasteiger partial charge in [-0.25, -0.2) is 0 Å². The fraction of sp³-hybridized carbons (Fsp3) is 0.158. The van der Waals surface area contributed by atoms with E-state index in [0.717, 1.165) is 11.1 Å². The van der Waals surface area contributed by atoms with Gasteiger partial charge in [0.1, 0.15) is 5.69 Å². The molecule has 7 heteroatoms. The van der Waals surface area contributed by atoms with Crippen molar-refractivity contribution in [3.05, 3.63) is 72.2 Å². The molecule has 7 nitrogen and oxygen atoms in total. The summed E-state index contributed by atoms with van der Waals surface area (Å²) >= 11 is 0. The average Bonchev–Trinajstić information content (AvgIpc) is 3.17. The maximum atomic E-state index is 12.2. The van der Waals surface area contributed by atoms with E-state index in [2.05, 4.69) is 20.5 Å². The van der Waals surface area contributed by atoms with Crippen LogP contribution in [0.1, 0.15) is 16.1 Å². The Bertz CT molecular complexity index is 877. The van der Waals surface area contributed by atoms with E-state index in [9.17, 15) is 9.59 Å². The van der Waals surface area contributed by atoms with Crippen molar-refractivity contribution in [2.24, 2.45) is 0 Å². The summed E-state index contributed by atoms with van der Waals surface area (Å²) < 4.78 is 0. The summed E-state index contributed by atoms with van der Waals surface area (Å²) in [6, 6.07) is 14.9. The summed E-state index contributed by atoms with van der Waals surface area (Å²) in [4.78, 5) is 29.9. The molecule has 2 N–H and O–H groups in total. The Morgan fingerprint density at radius 1 is 1.12 bits per heavy atom. The second-order valence-electron chi connectivity index (χ2n) is 5.82. The van der Waals surface area contributed by atoms with Gasteiger partial charge in [0.2, 0.25) is 5.91 Å². The van der Waals surface area contributed by atoms with Gasteiger partial charge in [0.05, 0.1) is 12.2 Å². The van der Waals surface area contributed by atoms with Crippen LogP contribution in [-0.2, 0) is 11.3 Å². The lowest BCUT2D eigenvalue weighted by molar-refractivity contribution is -0.129. The SMILES string of the molecule is CN(Cc1ccncc1)C(=O)CNC(=O)c1cc(-c2ccccc2)n[nH]1.